The third-order valence-corrected chi connectivity index (χ3v) is 3.97. The number of allylic oxidation sites excluding steroid dienone is 2. The summed E-state index contributed by atoms with van der Waals surface area (Å²) in [5, 5.41) is 0. The van der Waals surface area contributed by atoms with Crippen LogP contribution in [0.3, 0.4) is 0 Å². The van der Waals surface area contributed by atoms with E-state index in [9.17, 15) is 0 Å². The molecule has 0 amide bonds. The van der Waals surface area contributed by atoms with Crippen molar-refractivity contribution >= 4 is 7.28 Å². The number of fused-ring (bicyclic) bond motifs is 2. The molecule has 3 atom stereocenters. The van der Waals surface area contributed by atoms with E-state index in [0.29, 0.717) is 0 Å². The van der Waals surface area contributed by atoms with Crippen molar-refractivity contribution in [2.45, 2.75) is 64.0 Å². The van der Waals surface area contributed by atoms with Crippen LogP contribution in [0, 0.1) is 5.92 Å². The summed E-state index contributed by atoms with van der Waals surface area (Å²) >= 11 is 0. The van der Waals surface area contributed by atoms with Gasteiger partial charge in [-0.2, -0.15) is 0 Å². The van der Waals surface area contributed by atoms with Gasteiger partial charge in [0.05, 0.1) is 0 Å². The standard InChI is InChI=1S/C13H22B/c1-10(2)6-7-11-8-9-12-4-3-5-13(11)14-12/h6,11-13H,3-5,7-9H2,1-2H3. The van der Waals surface area contributed by atoms with Gasteiger partial charge in [-0.1, -0.05) is 55.4 Å². The maximum atomic E-state index is 2.68. The van der Waals surface area contributed by atoms with Crippen molar-refractivity contribution in [1.29, 1.82) is 0 Å². The van der Waals surface area contributed by atoms with E-state index < -0.39 is 0 Å². The van der Waals surface area contributed by atoms with Gasteiger partial charge in [0.2, 0.25) is 0 Å². The second-order valence-electron chi connectivity index (χ2n) is 5.40. The molecule has 2 heterocycles. The van der Waals surface area contributed by atoms with Gasteiger partial charge in [-0.3, -0.25) is 0 Å². The van der Waals surface area contributed by atoms with Crippen LogP contribution in [0.4, 0.5) is 0 Å². The van der Waals surface area contributed by atoms with Crippen molar-refractivity contribution in [3.8, 4) is 0 Å². The highest BCUT2D eigenvalue weighted by molar-refractivity contribution is 6.40. The first-order valence-corrected chi connectivity index (χ1v) is 6.24. The van der Waals surface area contributed by atoms with E-state index in [1.807, 2.05) is 0 Å². The molecule has 14 heavy (non-hydrogen) atoms. The van der Waals surface area contributed by atoms with Gasteiger partial charge in [-0.25, -0.2) is 0 Å². The van der Waals surface area contributed by atoms with E-state index >= 15 is 0 Å². The molecule has 3 unspecified atom stereocenters. The van der Waals surface area contributed by atoms with E-state index in [0.717, 1.165) is 17.6 Å². The Bertz CT molecular complexity index is 215. The molecule has 2 rings (SSSR count). The number of rotatable bonds is 2. The zero-order valence-electron chi connectivity index (χ0n) is 9.63. The minimum Gasteiger partial charge on any atom is -0.0856 e. The lowest BCUT2D eigenvalue weighted by Crippen LogP contribution is -2.28. The molecule has 0 aromatic heterocycles. The average molecular weight is 189 g/mol. The van der Waals surface area contributed by atoms with Crippen molar-refractivity contribution in [3.63, 3.8) is 0 Å². The maximum absolute atomic E-state index is 2.68. The van der Waals surface area contributed by atoms with Crippen LogP contribution in [-0.2, 0) is 0 Å². The molecular weight excluding hydrogens is 167 g/mol. The van der Waals surface area contributed by atoms with Gasteiger partial charge in [0.15, 0.2) is 0 Å². The minimum atomic E-state index is 0.957. The molecule has 2 bridgehead atoms. The number of hydrogen-bond donors (Lipinski definition) is 0. The summed E-state index contributed by atoms with van der Waals surface area (Å²) in [5.74, 6) is 2.91. The van der Waals surface area contributed by atoms with E-state index in [1.54, 1.807) is 0 Å². The first-order chi connectivity index (χ1) is 6.75. The Labute approximate surface area is 89.4 Å². The van der Waals surface area contributed by atoms with Crippen LogP contribution in [-0.4, -0.2) is 7.28 Å². The van der Waals surface area contributed by atoms with Crippen LogP contribution in [0.25, 0.3) is 0 Å². The molecule has 1 heteroatoms. The van der Waals surface area contributed by atoms with E-state index in [-0.39, 0.29) is 0 Å². The van der Waals surface area contributed by atoms with Crippen molar-refractivity contribution < 1.29 is 0 Å². The lowest BCUT2D eigenvalue weighted by molar-refractivity contribution is 0.343. The fourth-order valence-electron chi connectivity index (χ4n) is 3.11. The summed E-state index contributed by atoms with van der Waals surface area (Å²) in [6.45, 7) is 4.44. The Kier molecular flexibility index (Phi) is 3.36. The van der Waals surface area contributed by atoms with Crippen LogP contribution in [0.15, 0.2) is 11.6 Å². The zero-order chi connectivity index (χ0) is 9.97. The molecule has 77 valence electrons. The second-order valence-corrected chi connectivity index (χ2v) is 5.40. The molecule has 2 aliphatic rings. The van der Waals surface area contributed by atoms with Gasteiger partial charge in [0.25, 0.3) is 0 Å². The van der Waals surface area contributed by atoms with Crippen LogP contribution < -0.4 is 0 Å². The van der Waals surface area contributed by atoms with Crippen molar-refractivity contribution in [3.05, 3.63) is 11.6 Å². The summed E-state index contributed by atoms with van der Waals surface area (Å²) in [4.78, 5) is 0. The molecule has 1 radical (unpaired) electrons. The molecule has 0 nitrogen and oxygen atoms in total. The van der Waals surface area contributed by atoms with Gasteiger partial charge in [0, 0.05) is 0 Å². The molecule has 0 aliphatic carbocycles. The highest BCUT2D eigenvalue weighted by Gasteiger charge is 2.33. The Morgan fingerprint density at radius 2 is 2.07 bits per heavy atom. The van der Waals surface area contributed by atoms with E-state index in [4.69, 9.17) is 0 Å². The summed E-state index contributed by atoms with van der Waals surface area (Å²) < 4.78 is 0. The highest BCUT2D eigenvalue weighted by atomic mass is 14.3. The summed E-state index contributed by atoms with van der Waals surface area (Å²) in [6.07, 6.45) is 11.2. The topological polar surface area (TPSA) is 0 Å². The predicted molar refractivity (Wildman–Crippen MR) is 63.9 cm³/mol. The lowest BCUT2D eigenvalue weighted by atomic mass is 9.41. The number of hydrogen-bond acceptors (Lipinski definition) is 0. The normalized spacial score (nSPS) is 36.0. The fraction of sp³-hybridized carbons (Fsp3) is 0.846. The van der Waals surface area contributed by atoms with E-state index in [1.165, 1.54) is 44.1 Å². The van der Waals surface area contributed by atoms with E-state index in [2.05, 4.69) is 27.2 Å². The van der Waals surface area contributed by atoms with Crippen molar-refractivity contribution in [1.82, 2.24) is 0 Å². The van der Waals surface area contributed by atoms with Crippen LogP contribution >= 0.6 is 0 Å². The first kappa shape index (κ1) is 10.3. The molecule has 2 fully saturated rings. The molecule has 0 aromatic rings. The molecule has 0 aromatic carbocycles. The molecule has 2 saturated heterocycles. The average Bonchev–Trinajstić information content (AvgIpc) is 2.17. The highest BCUT2D eigenvalue weighted by Crippen LogP contribution is 2.46. The van der Waals surface area contributed by atoms with Crippen LogP contribution in [0.1, 0.15) is 52.4 Å². The SMILES string of the molecule is CC(C)=CCC1CCC2[B]C1CCC2. The zero-order valence-corrected chi connectivity index (χ0v) is 9.63. The van der Waals surface area contributed by atoms with Crippen LogP contribution in [0.2, 0.25) is 11.6 Å². The summed E-state index contributed by atoms with van der Waals surface area (Å²) in [7, 11) is 2.68. The third-order valence-electron chi connectivity index (χ3n) is 3.97. The van der Waals surface area contributed by atoms with Gasteiger partial charge in [-0.15, -0.1) is 0 Å². The van der Waals surface area contributed by atoms with Gasteiger partial charge in [-0.05, 0) is 26.2 Å². The molecule has 0 spiro atoms. The fourth-order valence-corrected chi connectivity index (χ4v) is 3.11. The largest absolute Gasteiger partial charge is 0.118 e. The molecule has 0 N–H and O–H groups in total. The first-order valence-electron chi connectivity index (χ1n) is 6.24. The van der Waals surface area contributed by atoms with Gasteiger partial charge in [0.1, 0.15) is 7.28 Å². The Morgan fingerprint density at radius 1 is 1.21 bits per heavy atom. The summed E-state index contributed by atoms with van der Waals surface area (Å²) in [6, 6.07) is 0. The molecule has 0 saturated carbocycles. The second kappa shape index (κ2) is 4.55. The third kappa shape index (κ3) is 2.43. The predicted octanol–water partition coefficient (Wildman–Crippen LogP) is 4.22. The van der Waals surface area contributed by atoms with Gasteiger partial charge < -0.3 is 0 Å². The smallest absolute Gasteiger partial charge is 0.0856 e. The molecule has 2 aliphatic heterocycles. The van der Waals surface area contributed by atoms with Crippen molar-refractivity contribution in [2.24, 2.45) is 5.92 Å². The Hall–Kier alpha value is -0.195. The van der Waals surface area contributed by atoms with Crippen LogP contribution in [0.5, 0.6) is 0 Å². The Morgan fingerprint density at radius 3 is 2.86 bits per heavy atom. The molecular formula is C13H22B. The minimum absolute atomic E-state index is 0.957. The van der Waals surface area contributed by atoms with Gasteiger partial charge >= 0.3 is 0 Å². The Balaban J connectivity index is 1.89. The quantitative estimate of drug-likeness (QED) is 0.450. The van der Waals surface area contributed by atoms with Crippen molar-refractivity contribution in [2.75, 3.05) is 0 Å². The monoisotopic (exact) mass is 189 g/mol. The maximum Gasteiger partial charge on any atom is 0.118 e. The summed E-state index contributed by atoms with van der Waals surface area (Å²) in [5.41, 5.74) is 1.49. The lowest BCUT2D eigenvalue weighted by Gasteiger charge is -2.39.